The van der Waals surface area contributed by atoms with Crippen molar-refractivity contribution >= 4 is 32.8 Å². The molecule has 5 rings (SSSR count). The number of piperidine rings is 1. The molecule has 174 valence electrons. The second-order valence-corrected chi connectivity index (χ2v) is 10.3. The van der Waals surface area contributed by atoms with Gasteiger partial charge < -0.3 is 0 Å². The first kappa shape index (κ1) is 22.2. The molecule has 1 N–H and O–H groups in total. The molecule has 1 fully saturated rings. The Kier molecular flexibility index (Phi) is 5.84. The van der Waals surface area contributed by atoms with E-state index < -0.39 is 10.0 Å². The Morgan fingerprint density at radius 3 is 2.50 bits per heavy atom. The van der Waals surface area contributed by atoms with Gasteiger partial charge >= 0.3 is 0 Å². The number of sulfonamides is 1. The number of hydrogen-bond donors (Lipinski definition) is 1. The number of benzene rings is 2. The van der Waals surface area contributed by atoms with Crippen molar-refractivity contribution in [2.24, 2.45) is 13.0 Å². The van der Waals surface area contributed by atoms with E-state index in [2.05, 4.69) is 20.4 Å². The molecule has 4 aromatic rings. The highest BCUT2D eigenvalue weighted by molar-refractivity contribution is 7.89. The second kappa shape index (κ2) is 8.96. The third kappa shape index (κ3) is 4.42. The largest absolute Gasteiger partial charge is 0.294 e. The number of carbonyl (C=O) groups excluding carboxylic acids is 1. The van der Waals surface area contributed by atoms with Crippen LogP contribution in [0.5, 0.6) is 0 Å². The average Bonchev–Trinajstić information content (AvgIpc) is 3.30. The highest BCUT2D eigenvalue weighted by atomic mass is 32.2. The van der Waals surface area contributed by atoms with Crippen molar-refractivity contribution in [3.8, 4) is 11.1 Å². The maximum Gasteiger partial charge on any atom is 0.243 e. The number of fused-ring (bicyclic) bond motifs is 1. The lowest BCUT2D eigenvalue weighted by Crippen LogP contribution is -2.41. The predicted octanol–water partition coefficient (Wildman–Crippen LogP) is 3.07. The Bertz CT molecular complexity index is 1440. The molecule has 2 aromatic heterocycles. The van der Waals surface area contributed by atoms with Crippen LogP contribution < -0.4 is 5.32 Å². The number of carbonyl (C=O) groups is 1. The van der Waals surface area contributed by atoms with Gasteiger partial charge in [-0.05, 0) is 36.6 Å². The molecule has 0 bridgehead atoms. The van der Waals surface area contributed by atoms with Gasteiger partial charge in [0.25, 0.3) is 0 Å². The van der Waals surface area contributed by atoms with Crippen LogP contribution in [0.15, 0.2) is 72.0 Å². The van der Waals surface area contributed by atoms with Gasteiger partial charge in [0, 0.05) is 49.4 Å². The van der Waals surface area contributed by atoms with E-state index in [-0.39, 0.29) is 22.7 Å². The van der Waals surface area contributed by atoms with Gasteiger partial charge in [-0.3, -0.25) is 14.8 Å². The van der Waals surface area contributed by atoms with Crippen LogP contribution in [0.25, 0.3) is 22.0 Å². The summed E-state index contributed by atoms with van der Waals surface area (Å²) < 4.78 is 28.8. The van der Waals surface area contributed by atoms with Crippen LogP contribution in [0.2, 0.25) is 0 Å². The summed E-state index contributed by atoms with van der Waals surface area (Å²) in [6.45, 7) is 0.588. The van der Waals surface area contributed by atoms with Gasteiger partial charge in [-0.15, -0.1) is 0 Å². The number of aryl methyl sites for hydroxylation is 1. The lowest BCUT2D eigenvalue weighted by Gasteiger charge is -2.30. The molecule has 0 saturated carbocycles. The van der Waals surface area contributed by atoms with Crippen LogP contribution in [0.4, 0.5) is 5.95 Å². The zero-order valence-corrected chi connectivity index (χ0v) is 19.4. The molecule has 0 spiro atoms. The van der Waals surface area contributed by atoms with E-state index in [0.717, 1.165) is 22.0 Å². The SMILES string of the molecule is Cn1cc(-c2ccc3cnc(NC(=O)C4CCN(S(=O)(=O)c5ccccc5)CC4)nc3c2)cn1. The van der Waals surface area contributed by atoms with E-state index in [1.807, 2.05) is 31.4 Å². The topological polar surface area (TPSA) is 110 Å². The summed E-state index contributed by atoms with van der Waals surface area (Å²) >= 11 is 0. The van der Waals surface area contributed by atoms with Gasteiger partial charge in [0.05, 0.1) is 16.6 Å². The molecule has 3 heterocycles. The van der Waals surface area contributed by atoms with E-state index in [9.17, 15) is 13.2 Å². The average molecular weight is 477 g/mol. The summed E-state index contributed by atoms with van der Waals surface area (Å²) in [6.07, 6.45) is 6.28. The van der Waals surface area contributed by atoms with Crippen molar-refractivity contribution in [3.05, 3.63) is 67.1 Å². The number of anilines is 1. The van der Waals surface area contributed by atoms with Crippen molar-refractivity contribution in [1.82, 2.24) is 24.1 Å². The fourth-order valence-corrected chi connectivity index (χ4v) is 5.64. The van der Waals surface area contributed by atoms with Crippen LogP contribution >= 0.6 is 0 Å². The Labute approximate surface area is 197 Å². The first-order valence-corrected chi connectivity index (χ1v) is 12.5. The van der Waals surface area contributed by atoms with Gasteiger partial charge in [0.15, 0.2) is 0 Å². The molecule has 1 saturated heterocycles. The van der Waals surface area contributed by atoms with Crippen molar-refractivity contribution in [2.45, 2.75) is 17.7 Å². The fourth-order valence-electron chi connectivity index (χ4n) is 4.15. The third-order valence-corrected chi connectivity index (χ3v) is 7.97. The Morgan fingerprint density at radius 1 is 1.03 bits per heavy atom. The minimum Gasteiger partial charge on any atom is -0.294 e. The molecular weight excluding hydrogens is 452 g/mol. The van der Waals surface area contributed by atoms with Crippen molar-refractivity contribution in [2.75, 3.05) is 18.4 Å². The maximum absolute atomic E-state index is 12.9. The lowest BCUT2D eigenvalue weighted by molar-refractivity contribution is -0.121. The molecule has 1 aliphatic heterocycles. The summed E-state index contributed by atoms with van der Waals surface area (Å²) in [5.74, 6) is -0.261. The summed E-state index contributed by atoms with van der Waals surface area (Å²) in [7, 11) is -1.69. The van der Waals surface area contributed by atoms with Crippen LogP contribution in [-0.2, 0) is 21.9 Å². The smallest absolute Gasteiger partial charge is 0.243 e. The van der Waals surface area contributed by atoms with Crippen LogP contribution in [0, 0.1) is 5.92 Å². The molecule has 0 unspecified atom stereocenters. The standard InChI is InChI=1S/C24H24N6O3S/c1-29-16-20(15-26-29)18-7-8-19-14-25-24(27-22(19)13-18)28-23(31)17-9-11-30(12-10-17)34(32,33)21-5-3-2-4-6-21/h2-8,13-17H,9-12H2,1H3,(H,25,27,28,31). The highest BCUT2D eigenvalue weighted by Gasteiger charge is 2.32. The number of nitrogens with zero attached hydrogens (tertiary/aromatic N) is 5. The minimum absolute atomic E-state index is 0.195. The zero-order valence-electron chi connectivity index (χ0n) is 18.6. The van der Waals surface area contributed by atoms with Crippen molar-refractivity contribution < 1.29 is 13.2 Å². The molecule has 2 aromatic carbocycles. The Balaban J connectivity index is 1.26. The summed E-state index contributed by atoms with van der Waals surface area (Å²) in [6, 6.07) is 14.2. The van der Waals surface area contributed by atoms with E-state index >= 15 is 0 Å². The van der Waals surface area contributed by atoms with E-state index in [4.69, 9.17) is 0 Å². The molecule has 9 nitrogen and oxygen atoms in total. The molecular formula is C24H24N6O3S. The quantitative estimate of drug-likeness (QED) is 0.474. The van der Waals surface area contributed by atoms with Gasteiger partial charge in [0.1, 0.15) is 0 Å². The first-order valence-electron chi connectivity index (χ1n) is 11.0. The molecule has 1 aliphatic rings. The van der Waals surface area contributed by atoms with Crippen molar-refractivity contribution in [1.29, 1.82) is 0 Å². The highest BCUT2D eigenvalue weighted by Crippen LogP contribution is 2.26. The van der Waals surface area contributed by atoms with Gasteiger partial charge in [-0.1, -0.05) is 30.3 Å². The summed E-state index contributed by atoms with van der Waals surface area (Å²) in [5.41, 5.74) is 2.67. The van der Waals surface area contributed by atoms with Gasteiger partial charge in [-0.2, -0.15) is 9.40 Å². The Morgan fingerprint density at radius 2 is 1.79 bits per heavy atom. The Hall–Kier alpha value is -3.63. The number of amides is 1. The van der Waals surface area contributed by atoms with Crippen LogP contribution in [0.3, 0.4) is 0 Å². The molecule has 34 heavy (non-hydrogen) atoms. The van der Waals surface area contributed by atoms with Crippen molar-refractivity contribution in [3.63, 3.8) is 0 Å². The van der Waals surface area contributed by atoms with Gasteiger partial charge in [-0.25, -0.2) is 18.4 Å². The molecule has 0 radical (unpaired) electrons. The fraction of sp³-hybridized carbons (Fsp3) is 0.250. The maximum atomic E-state index is 12.9. The first-order chi connectivity index (χ1) is 16.4. The zero-order chi connectivity index (χ0) is 23.7. The lowest BCUT2D eigenvalue weighted by atomic mass is 9.97. The monoisotopic (exact) mass is 476 g/mol. The molecule has 10 heteroatoms. The normalized spacial score (nSPS) is 15.4. The molecule has 0 aliphatic carbocycles. The van der Waals surface area contributed by atoms with Crippen LogP contribution in [0.1, 0.15) is 12.8 Å². The summed E-state index contributed by atoms with van der Waals surface area (Å²) in [4.78, 5) is 21.9. The minimum atomic E-state index is -3.55. The third-order valence-electron chi connectivity index (χ3n) is 6.06. The second-order valence-electron chi connectivity index (χ2n) is 8.35. The molecule has 1 amide bonds. The summed E-state index contributed by atoms with van der Waals surface area (Å²) in [5, 5.41) is 7.88. The molecule has 0 atom stereocenters. The number of aromatic nitrogens is 4. The number of rotatable bonds is 5. The van der Waals surface area contributed by atoms with E-state index in [0.29, 0.717) is 25.9 Å². The van der Waals surface area contributed by atoms with E-state index in [1.165, 1.54) is 4.31 Å². The predicted molar refractivity (Wildman–Crippen MR) is 128 cm³/mol. The van der Waals surface area contributed by atoms with E-state index in [1.54, 1.807) is 47.4 Å². The number of nitrogens with one attached hydrogen (secondary N) is 1. The van der Waals surface area contributed by atoms with Gasteiger partial charge in [0.2, 0.25) is 21.9 Å². The number of hydrogen-bond acceptors (Lipinski definition) is 6. The van der Waals surface area contributed by atoms with Crippen LogP contribution in [-0.4, -0.2) is 51.5 Å².